The lowest BCUT2D eigenvalue weighted by molar-refractivity contribution is -0.387. The molecule has 1 aromatic heterocycles. The first kappa shape index (κ1) is 11.1. The second-order valence-corrected chi connectivity index (χ2v) is 4.32. The highest BCUT2D eigenvalue weighted by atomic mass is 32.1. The summed E-state index contributed by atoms with van der Waals surface area (Å²) in [6, 6.07) is 0.190. The minimum atomic E-state index is 0.0324. The molecule has 1 heterocycles. The van der Waals surface area contributed by atoms with Crippen molar-refractivity contribution in [3.05, 3.63) is 16.1 Å². The van der Waals surface area contributed by atoms with E-state index in [9.17, 15) is 4.79 Å². The molecule has 0 saturated carbocycles. The molecular weight excluding hydrogens is 198 g/mol. The van der Waals surface area contributed by atoms with E-state index in [1.165, 1.54) is 11.3 Å². The number of hydrogen-bond acceptors (Lipinski definition) is 3. The second kappa shape index (κ2) is 5.07. The molecule has 4 nitrogen and oxygen atoms in total. The van der Waals surface area contributed by atoms with Gasteiger partial charge in [0, 0.05) is 11.4 Å². The molecule has 0 unspecified atom stereocenters. The Balaban J connectivity index is 2.47. The third-order valence-corrected chi connectivity index (χ3v) is 2.51. The molecule has 0 atom stereocenters. The van der Waals surface area contributed by atoms with Gasteiger partial charge >= 0.3 is 0 Å². The van der Waals surface area contributed by atoms with Crippen LogP contribution in [0.4, 0.5) is 0 Å². The first-order valence-corrected chi connectivity index (χ1v) is 5.51. The Morgan fingerprint density at radius 3 is 2.93 bits per heavy atom. The van der Waals surface area contributed by atoms with Crippen molar-refractivity contribution in [2.24, 2.45) is 0 Å². The van der Waals surface area contributed by atoms with Crippen molar-refractivity contribution >= 4 is 17.2 Å². The van der Waals surface area contributed by atoms with Crippen LogP contribution in [0.2, 0.25) is 0 Å². The van der Waals surface area contributed by atoms with E-state index < -0.39 is 0 Å². The fourth-order valence-electron chi connectivity index (χ4n) is 1.06. The highest BCUT2D eigenvalue weighted by Gasteiger charge is 2.08. The predicted octanol–water partition coefficient (Wildman–Crippen LogP) is -0.0479. The van der Waals surface area contributed by atoms with Crippen molar-refractivity contribution in [2.45, 2.75) is 32.9 Å². The van der Waals surface area contributed by atoms with E-state index in [0.717, 1.165) is 10.7 Å². The van der Waals surface area contributed by atoms with Crippen LogP contribution in [0.15, 0.2) is 5.38 Å². The third-order valence-electron chi connectivity index (χ3n) is 1.62. The summed E-state index contributed by atoms with van der Waals surface area (Å²) in [5.74, 6) is 0.0324. The van der Waals surface area contributed by atoms with Gasteiger partial charge in [-0.1, -0.05) is 0 Å². The van der Waals surface area contributed by atoms with Crippen LogP contribution in [-0.2, 0) is 17.8 Å². The van der Waals surface area contributed by atoms with E-state index in [0.29, 0.717) is 13.0 Å². The lowest BCUT2D eigenvalue weighted by atomic mass is 10.3. The number of carbonyl (C=O) groups excluding carboxylic acids is 1. The van der Waals surface area contributed by atoms with Crippen LogP contribution in [0.25, 0.3) is 0 Å². The lowest BCUT2D eigenvalue weighted by Gasteiger charge is -2.06. The molecule has 0 aliphatic rings. The van der Waals surface area contributed by atoms with Crippen molar-refractivity contribution in [2.75, 3.05) is 0 Å². The van der Waals surface area contributed by atoms with Crippen LogP contribution in [0.3, 0.4) is 0 Å². The summed E-state index contributed by atoms with van der Waals surface area (Å²) in [5.41, 5.74) is 4.70. The minimum Gasteiger partial charge on any atom is -0.354 e. The van der Waals surface area contributed by atoms with Crippen LogP contribution in [0, 0.1) is 0 Å². The molecule has 0 fully saturated rings. The topological polar surface area (TPSA) is 69.6 Å². The summed E-state index contributed by atoms with van der Waals surface area (Å²) in [5, 5.41) is 5.64. The fourth-order valence-corrected chi connectivity index (χ4v) is 1.88. The maximum Gasteiger partial charge on any atom is 0.227 e. The third kappa shape index (κ3) is 3.43. The van der Waals surface area contributed by atoms with Gasteiger partial charge in [-0.2, -0.15) is 0 Å². The SMILES string of the molecule is CC(C)NC(=O)Cc1nc(C[NH3+])cs1. The van der Waals surface area contributed by atoms with Gasteiger partial charge in [-0.3, -0.25) is 4.79 Å². The monoisotopic (exact) mass is 214 g/mol. The van der Waals surface area contributed by atoms with Gasteiger partial charge in [0.15, 0.2) is 0 Å². The molecule has 14 heavy (non-hydrogen) atoms. The molecule has 4 N–H and O–H groups in total. The van der Waals surface area contributed by atoms with Crippen LogP contribution in [-0.4, -0.2) is 16.9 Å². The van der Waals surface area contributed by atoms with Gasteiger partial charge in [0.2, 0.25) is 5.91 Å². The number of hydrogen-bond donors (Lipinski definition) is 2. The van der Waals surface area contributed by atoms with Crippen molar-refractivity contribution < 1.29 is 10.5 Å². The van der Waals surface area contributed by atoms with E-state index in [1.54, 1.807) is 0 Å². The van der Waals surface area contributed by atoms with Gasteiger partial charge in [-0.25, -0.2) is 4.98 Å². The number of thiazole rings is 1. The van der Waals surface area contributed by atoms with E-state index >= 15 is 0 Å². The molecular formula is C9H16N3OS+. The molecule has 1 amide bonds. The number of carbonyl (C=O) groups is 1. The Bertz CT molecular complexity index is 309. The smallest absolute Gasteiger partial charge is 0.227 e. The van der Waals surface area contributed by atoms with Gasteiger partial charge < -0.3 is 11.1 Å². The maximum absolute atomic E-state index is 11.4. The van der Waals surface area contributed by atoms with Crippen molar-refractivity contribution in [1.29, 1.82) is 0 Å². The number of aromatic nitrogens is 1. The average Bonchev–Trinajstić information content (AvgIpc) is 2.50. The lowest BCUT2D eigenvalue weighted by Crippen LogP contribution is -2.47. The molecule has 78 valence electrons. The van der Waals surface area contributed by atoms with Gasteiger partial charge in [0.25, 0.3) is 0 Å². The first-order valence-electron chi connectivity index (χ1n) is 4.63. The van der Waals surface area contributed by atoms with Gasteiger partial charge in [0.1, 0.15) is 17.2 Å². The normalized spacial score (nSPS) is 10.6. The van der Waals surface area contributed by atoms with E-state index in [-0.39, 0.29) is 11.9 Å². The van der Waals surface area contributed by atoms with Crippen molar-refractivity contribution in [3.8, 4) is 0 Å². The summed E-state index contributed by atoms with van der Waals surface area (Å²) in [6.07, 6.45) is 0.378. The second-order valence-electron chi connectivity index (χ2n) is 3.38. The largest absolute Gasteiger partial charge is 0.354 e. The summed E-state index contributed by atoms with van der Waals surface area (Å²) in [7, 11) is 0. The molecule has 0 spiro atoms. The Labute approximate surface area is 87.5 Å². The Kier molecular flexibility index (Phi) is 4.03. The fraction of sp³-hybridized carbons (Fsp3) is 0.556. The van der Waals surface area contributed by atoms with Crippen LogP contribution in [0.5, 0.6) is 0 Å². The number of nitrogens with zero attached hydrogens (tertiary/aromatic N) is 1. The molecule has 0 saturated heterocycles. The zero-order valence-electron chi connectivity index (χ0n) is 8.54. The molecule has 0 aliphatic heterocycles. The number of amides is 1. The molecule has 0 aliphatic carbocycles. The van der Waals surface area contributed by atoms with E-state index in [4.69, 9.17) is 0 Å². The molecule has 0 aromatic carbocycles. The maximum atomic E-state index is 11.4. The Morgan fingerprint density at radius 1 is 1.71 bits per heavy atom. The molecule has 1 aromatic rings. The van der Waals surface area contributed by atoms with Gasteiger partial charge in [0.05, 0.1) is 6.42 Å². The average molecular weight is 214 g/mol. The summed E-state index contributed by atoms with van der Waals surface area (Å²) in [6.45, 7) is 4.57. The van der Waals surface area contributed by atoms with Gasteiger partial charge in [-0.05, 0) is 13.8 Å². The van der Waals surface area contributed by atoms with Crippen LogP contribution in [0.1, 0.15) is 24.5 Å². The number of nitrogens with one attached hydrogen (secondary N) is 1. The van der Waals surface area contributed by atoms with E-state index in [2.05, 4.69) is 16.0 Å². The molecule has 5 heteroatoms. The minimum absolute atomic E-state index is 0.0324. The standard InChI is InChI=1S/C9H15N3OS/c1-6(2)11-8(13)3-9-12-7(4-10)5-14-9/h5-6H,3-4,10H2,1-2H3,(H,11,13)/p+1. The van der Waals surface area contributed by atoms with Gasteiger partial charge in [-0.15, -0.1) is 11.3 Å². The summed E-state index contributed by atoms with van der Waals surface area (Å²) < 4.78 is 0. The van der Waals surface area contributed by atoms with Crippen molar-refractivity contribution in [1.82, 2.24) is 10.3 Å². The quantitative estimate of drug-likeness (QED) is 0.738. The van der Waals surface area contributed by atoms with Crippen LogP contribution >= 0.6 is 11.3 Å². The molecule has 0 bridgehead atoms. The number of rotatable bonds is 4. The van der Waals surface area contributed by atoms with Crippen molar-refractivity contribution in [3.63, 3.8) is 0 Å². The summed E-state index contributed by atoms with van der Waals surface area (Å²) >= 11 is 1.52. The Morgan fingerprint density at radius 2 is 2.43 bits per heavy atom. The zero-order valence-corrected chi connectivity index (χ0v) is 9.36. The zero-order chi connectivity index (χ0) is 10.6. The summed E-state index contributed by atoms with van der Waals surface area (Å²) in [4.78, 5) is 15.6. The Hall–Kier alpha value is -0.940. The predicted molar refractivity (Wildman–Crippen MR) is 55.7 cm³/mol. The molecule has 0 radical (unpaired) electrons. The van der Waals surface area contributed by atoms with Crippen LogP contribution < -0.4 is 11.1 Å². The first-order chi connectivity index (χ1) is 6.61. The highest BCUT2D eigenvalue weighted by Crippen LogP contribution is 2.09. The molecule has 1 rings (SSSR count). The van der Waals surface area contributed by atoms with E-state index in [1.807, 2.05) is 19.2 Å². The highest BCUT2D eigenvalue weighted by molar-refractivity contribution is 7.09. The number of quaternary nitrogens is 1.